The van der Waals surface area contributed by atoms with Crippen molar-refractivity contribution in [2.45, 2.75) is 33.3 Å². The molecule has 2 rings (SSSR count). The van der Waals surface area contributed by atoms with Gasteiger partial charge >= 0.3 is 0 Å². The number of amides is 1. The van der Waals surface area contributed by atoms with Crippen LogP contribution in [0, 0.1) is 24.0 Å². The number of nitrogens with one attached hydrogen (secondary N) is 1. The molecule has 0 spiro atoms. The summed E-state index contributed by atoms with van der Waals surface area (Å²) in [6.07, 6.45) is -0.277. The zero-order valence-corrected chi connectivity index (χ0v) is 15.0. The van der Waals surface area contributed by atoms with Gasteiger partial charge in [0.05, 0.1) is 10.6 Å². The summed E-state index contributed by atoms with van der Waals surface area (Å²) < 4.78 is 5.75. The minimum Gasteiger partial charge on any atom is -0.481 e. The van der Waals surface area contributed by atoms with E-state index in [4.69, 9.17) is 16.3 Å². The summed E-state index contributed by atoms with van der Waals surface area (Å²) in [6.45, 7) is 5.44. The first-order chi connectivity index (χ1) is 11.8. The zero-order chi connectivity index (χ0) is 18.6. The van der Waals surface area contributed by atoms with E-state index in [0.29, 0.717) is 22.9 Å². The number of hydrogen-bond donors (Lipinski definition) is 1. The van der Waals surface area contributed by atoms with Gasteiger partial charge in [-0.15, -0.1) is 0 Å². The van der Waals surface area contributed by atoms with Gasteiger partial charge < -0.3 is 10.1 Å². The quantitative estimate of drug-likeness (QED) is 0.598. The number of halogens is 1. The number of ether oxygens (including phenoxy) is 1. The third kappa shape index (κ3) is 4.70. The van der Waals surface area contributed by atoms with Crippen LogP contribution in [0.1, 0.15) is 24.5 Å². The number of rotatable bonds is 6. The van der Waals surface area contributed by atoms with Crippen LogP contribution in [-0.4, -0.2) is 16.9 Å². The van der Waals surface area contributed by atoms with E-state index in [-0.39, 0.29) is 11.6 Å². The first-order valence-electron chi connectivity index (χ1n) is 7.80. The van der Waals surface area contributed by atoms with Crippen LogP contribution in [0.15, 0.2) is 36.4 Å². The summed E-state index contributed by atoms with van der Waals surface area (Å²) in [4.78, 5) is 22.9. The lowest BCUT2D eigenvalue weighted by molar-refractivity contribution is -0.384. The predicted molar refractivity (Wildman–Crippen MR) is 97.4 cm³/mol. The number of aryl methyl sites for hydroxylation is 2. The van der Waals surface area contributed by atoms with Crippen LogP contribution in [0.5, 0.6) is 5.75 Å². The lowest BCUT2D eigenvalue weighted by Crippen LogP contribution is -2.32. The van der Waals surface area contributed by atoms with Crippen LogP contribution in [0.25, 0.3) is 0 Å². The Bertz CT molecular complexity index is 808. The van der Waals surface area contributed by atoms with Gasteiger partial charge in [-0.05, 0) is 49.6 Å². The van der Waals surface area contributed by atoms with Gasteiger partial charge in [-0.25, -0.2) is 0 Å². The Morgan fingerprint density at radius 2 is 1.96 bits per heavy atom. The largest absolute Gasteiger partial charge is 0.481 e. The Balaban J connectivity index is 2.16. The molecule has 6 nitrogen and oxygen atoms in total. The molecular weight excluding hydrogens is 344 g/mol. The van der Waals surface area contributed by atoms with E-state index >= 15 is 0 Å². The number of carbonyl (C=O) groups is 1. The SMILES string of the molecule is CC[C@@H](Oc1ccc(Cl)c(C)c1)C(=O)Nc1cc([N+](=O)[O-])ccc1C. The molecule has 25 heavy (non-hydrogen) atoms. The van der Waals surface area contributed by atoms with Gasteiger partial charge in [0.1, 0.15) is 5.75 Å². The number of nitro groups is 1. The normalized spacial score (nSPS) is 11.7. The minimum atomic E-state index is -0.723. The molecular formula is C18H19ClN2O4. The molecule has 0 fully saturated rings. The molecule has 0 aliphatic carbocycles. The van der Waals surface area contributed by atoms with Crippen molar-refractivity contribution in [3.05, 3.63) is 62.7 Å². The van der Waals surface area contributed by atoms with Crippen molar-refractivity contribution in [2.75, 3.05) is 5.32 Å². The third-order valence-electron chi connectivity index (χ3n) is 3.76. The van der Waals surface area contributed by atoms with Crippen molar-refractivity contribution in [3.63, 3.8) is 0 Å². The molecule has 0 aliphatic heterocycles. The second-order valence-electron chi connectivity index (χ2n) is 5.67. The molecule has 0 aliphatic rings. The Hall–Kier alpha value is -2.60. The molecule has 132 valence electrons. The van der Waals surface area contributed by atoms with Gasteiger partial charge in [0.25, 0.3) is 11.6 Å². The summed E-state index contributed by atoms with van der Waals surface area (Å²) in [5.41, 5.74) is 1.90. The van der Waals surface area contributed by atoms with E-state index in [1.165, 1.54) is 12.1 Å². The molecule has 0 saturated heterocycles. The van der Waals surface area contributed by atoms with Gasteiger partial charge in [-0.1, -0.05) is 24.6 Å². The van der Waals surface area contributed by atoms with E-state index in [2.05, 4.69) is 5.32 Å². The van der Waals surface area contributed by atoms with Crippen LogP contribution in [-0.2, 0) is 4.79 Å². The molecule has 7 heteroatoms. The smallest absolute Gasteiger partial charge is 0.271 e. The lowest BCUT2D eigenvalue weighted by Gasteiger charge is -2.18. The lowest BCUT2D eigenvalue weighted by atomic mass is 10.1. The van der Waals surface area contributed by atoms with E-state index < -0.39 is 11.0 Å². The van der Waals surface area contributed by atoms with E-state index in [9.17, 15) is 14.9 Å². The highest BCUT2D eigenvalue weighted by atomic mass is 35.5. The molecule has 2 aromatic rings. The van der Waals surface area contributed by atoms with Crippen molar-refractivity contribution >= 4 is 28.9 Å². The van der Waals surface area contributed by atoms with Crippen molar-refractivity contribution in [1.29, 1.82) is 0 Å². The Morgan fingerprint density at radius 3 is 2.56 bits per heavy atom. The van der Waals surface area contributed by atoms with E-state index in [0.717, 1.165) is 11.1 Å². The second kappa shape index (κ2) is 7.98. The number of nitrogens with zero attached hydrogens (tertiary/aromatic N) is 1. The minimum absolute atomic E-state index is 0.0804. The highest BCUT2D eigenvalue weighted by Gasteiger charge is 2.20. The fraction of sp³-hybridized carbons (Fsp3) is 0.278. The average molecular weight is 363 g/mol. The summed E-state index contributed by atoms with van der Waals surface area (Å²) in [7, 11) is 0. The van der Waals surface area contributed by atoms with Gasteiger partial charge in [0.2, 0.25) is 0 Å². The molecule has 0 aromatic heterocycles. The Kier molecular flexibility index (Phi) is 5.98. The maximum absolute atomic E-state index is 12.5. The monoisotopic (exact) mass is 362 g/mol. The third-order valence-corrected chi connectivity index (χ3v) is 4.18. The molecule has 0 bridgehead atoms. The zero-order valence-electron chi connectivity index (χ0n) is 14.2. The number of benzene rings is 2. The standard InChI is InChI=1S/C18H19ClN2O4/c1-4-17(25-14-7-8-15(19)12(3)9-14)18(22)20-16-10-13(21(23)24)6-5-11(16)2/h5-10,17H,4H2,1-3H3,(H,20,22)/t17-/m1/s1. The number of carbonyl (C=O) groups excluding carboxylic acids is 1. The summed E-state index contributed by atoms with van der Waals surface area (Å²) in [6, 6.07) is 9.50. The molecule has 0 unspecified atom stereocenters. The van der Waals surface area contributed by atoms with Crippen LogP contribution in [0.4, 0.5) is 11.4 Å². The molecule has 1 atom stereocenters. The summed E-state index contributed by atoms with van der Waals surface area (Å²) in [5, 5.41) is 14.2. The first kappa shape index (κ1) is 18.7. The summed E-state index contributed by atoms with van der Waals surface area (Å²) >= 11 is 5.99. The van der Waals surface area contributed by atoms with Gasteiger partial charge in [0, 0.05) is 17.2 Å². The molecule has 0 saturated carbocycles. The Morgan fingerprint density at radius 1 is 1.24 bits per heavy atom. The van der Waals surface area contributed by atoms with Crippen molar-refractivity contribution in [1.82, 2.24) is 0 Å². The Labute approximate surface area is 150 Å². The predicted octanol–water partition coefficient (Wildman–Crippen LogP) is 4.66. The fourth-order valence-electron chi connectivity index (χ4n) is 2.25. The van der Waals surface area contributed by atoms with Gasteiger partial charge in [0.15, 0.2) is 6.10 Å². The topological polar surface area (TPSA) is 81.5 Å². The van der Waals surface area contributed by atoms with Crippen molar-refractivity contribution < 1.29 is 14.5 Å². The van der Waals surface area contributed by atoms with Crippen LogP contribution >= 0.6 is 11.6 Å². The molecule has 0 radical (unpaired) electrons. The maximum Gasteiger partial charge on any atom is 0.271 e. The van der Waals surface area contributed by atoms with Gasteiger partial charge in [-0.3, -0.25) is 14.9 Å². The van der Waals surface area contributed by atoms with Crippen LogP contribution in [0.3, 0.4) is 0 Å². The maximum atomic E-state index is 12.5. The fourth-order valence-corrected chi connectivity index (χ4v) is 2.37. The summed E-state index contributed by atoms with van der Waals surface area (Å²) in [5.74, 6) is 0.179. The van der Waals surface area contributed by atoms with E-state index in [1.807, 2.05) is 13.8 Å². The van der Waals surface area contributed by atoms with Crippen LogP contribution in [0.2, 0.25) is 5.02 Å². The molecule has 0 heterocycles. The highest BCUT2D eigenvalue weighted by Crippen LogP contribution is 2.24. The van der Waals surface area contributed by atoms with Crippen LogP contribution < -0.4 is 10.1 Å². The first-order valence-corrected chi connectivity index (χ1v) is 8.18. The van der Waals surface area contributed by atoms with Crippen molar-refractivity contribution in [2.24, 2.45) is 0 Å². The van der Waals surface area contributed by atoms with Gasteiger partial charge in [-0.2, -0.15) is 0 Å². The molecule has 2 aromatic carbocycles. The molecule has 1 N–H and O–H groups in total. The number of anilines is 1. The number of nitro benzene ring substituents is 1. The van der Waals surface area contributed by atoms with Crippen molar-refractivity contribution in [3.8, 4) is 5.75 Å². The number of hydrogen-bond acceptors (Lipinski definition) is 4. The average Bonchev–Trinajstić information content (AvgIpc) is 2.57. The molecule has 1 amide bonds. The van der Waals surface area contributed by atoms with E-state index in [1.54, 1.807) is 31.2 Å². The number of non-ortho nitro benzene ring substituents is 1. The second-order valence-corrected chi connectivity index (χ2v) is 6.08. The highest BCUT2D eigenvalue weighted by molar-refractivity contribution is 6.31.